The molecule has 3 rings (SSSR count). The number of aryl methyl sites for hydroxylation is 1. The molecule has 0 unspecified atom stereocenters. The molecule has 4 heteroatoms. The van der Waals surface area contributed by atoms with Gasteiger partial charge in [0.25, 0.3) is 0 Å². The monoisotopic (exact) mass is 285 g/mol. The number of aromatic nitrogens is 2. The molecule has 1 fully saturated rings. The molecule has 1 aliphatic rings. The molecule has 1 N–H and O–H groups in total. The summed E-state index contributed by atoms with van der Waals surface area (Å²) >= 11 is 0. The first-order valence-corrected chi connectivity index (χ1v) is 7.92. The van der Waals surface area contributed by atoms with Crippen LogP contribution in [0.15, 0.2) is 28.7 Å². The Morgan fingerprint density at radius 3 is 2.57 bits per heavy atom. The molecular formula is C17H23N3O. The van der Waals surface area contributed by atoms with Gasteiger partial charge in [0.15, 0.2) is 0 Å². The molecule has 1 aromatic heterocycles. The van der Waals surface area contributed by atoms with Gasteiger partial charge in [-0.05, 0) is 43.7 Å². The quantitative estimate of drug-likeness (QED) is 0.903. The maximum atomic E-state index is 5.57. The number of nitrogens with zero attached hydrogens (tertiary/aromatic N) is 2. The molecular weight excluding hydrogens is 262 g/mol. The number of anilines is 1. The Hall–Kier alpha value is -1.84. The molecule has 0 aliphatic heterocycles. The third-order valence-corrected chi connectivity index (χ3v) is 4.47. The smallest absolute Gasteiger partial charge is 0.249 e. The van der Waals surface area contributed by atoms with Crippen molar-refractivity contribution < 1.29 is 4.42 Å². The van der Waals surface area contributed by atoms with Gasteiger partial charge in [-0.25, -0.2) is 0 Å². The zero-order valence-corrected chi connectivity index (χ0v) is 12.8. The highest BCUT2D eigenvalue weighted by Crippen LogP contribution is 2.32. The summed E-state index contributed by atoms with van der Waals surface area (Å²) in [5.74, 6) is 2.11. The molecule has 1 aromatic carbocycles. The third-order valence-electron chi connectivity index (χ3n) is 4.47. The second kappa shape index (κ2) is 6.29. The van der Waals surface area contributed by atoms with Crippen LogP contribution in [0.5, 0.6) is 0 Å². The summed E-state index contributed by atoms with van der Waals surface area (Å²) in [7, 11) is 0. The Morgan fingerprint density at radius 1 is 1.14 bits per heavy atom. The van der Waals surface area contributed by atoms with Crippen LogP contribution in [0.4, 0.5) is 5.69 Å². The Balaban J connectivity index is 1.74. The van der Waals surface area contributed by atoms with E-state index in [0.29, 0.717) is 17.8 Å². The van der Waals surface area contributed by atoms with E-state index in [1.807, 2.05) is 25.1 Å². The lowest BCUT2D eigenvalue weighted by molar-refractivity contribution is 0.330. The van der Waals surface area contributed by atoms with Gasteiger partial charge in [-0.2, -0.15) is 0 Å². The van der Waals surface area contributed by atoms with Crippen LogP contribution < -0.4 is 5.32 Å². The zero-order valence-electron chi connectivity index (χ0n) is 12.8. The average molecular weight is 285 g/mol. The summed E-state index contributed by atoms with van der Waals surface area (Å²) < 4.78 is 5.57. The number of benzene rings is 1. The molecule has 0 spiro atoms. The molecule has 0 radical (unpaired) electrons. The van der Waals surface area contributed by atoms with Crippen molar-refractivity contribution in [1.82, 2.24) is 10.2 Å². The summed E-state index contributed by atoms with van der Waals surface area (Å²) in [6, 6.07) is 8.74. The normalized spacial score (nSPS) is 22.2. The summed E-state index contributed by atoms with van der Waals surface area (Å²) in [6.07, 6.45) is 6.46. The topological polar surface area (TPSA) is 51.0 Å². The first-order chi connectivity index (χ1) is 10.3. The Labute approximate surface area is 126 Å². The number of hydrogen-bond donors (Lipinski definition) is 1. The molecule has 21 heavy (non-hydrogen) atoms. The van der Waals surface area contributed by atoms with Crippen molar-refractivity contribution in [2.45, 2.75) is 52.0 Å². The van der Waals surface area contributed by atoms with Gasteiger partial charge in [-0.3, -0.25) is 0 Å². The first-order valence-electron chi connectivity index (χ1n) is 7.92. The van der Waals surface area contributed by atoms with E-state index >= 15 is 0 Å². The van der Waals surface area contributed by atoms with Gasteiger partial charge < -0.3 is 9.73 Å². The van der Waals surface area contributed by atoms with Crippen molar-refractivity contribution in [3.05, 3.63) is 30.2 Å². The van der Waals surface area contributed by atoms with Crippen LogP contribution in [0.2, 0.25) is 0 Å². The van der Waals surface area contributed by atoms with E-state index in [4.69, 9.17) is 4.42 Å². The predicted molar refractivity (Wildman–Crippen MR) is 84.1 cm³/mol. The minimum absolute atomic E-state index is 0.554. The highest BCUT2D eigenvalue weighted by atomic mass is 16.4. The van der Waals surface area contributed by atoms with E-state index < -0.39 is 0 Å². The average Bonchev–Trinajstić information content (AvgIpc) is 2.95. The molecule has 1 aliphatic carbocycles. The van der Waals surface area contributed by atoms with Gasteiger partial charge in [0.05, 0.1) is 5.56 Å². The Kier molecular flexibility index (Phi) is 4.23. The van der Waals surface area contributed by atoms with Crippen LogP contribution in [-0.2, 0) is 0 Å². The fourth-order valence-corrected chi connectivity index (χ4v) is 3.14. The number of nitrogens with one attached hydrogen (secondary N) is 1. The van der Waals surface area contributed by atoms with Crippen LogP contribution in [0, 0.1) is 12.8 Å². The zero-order chi connectivity index (χ0) is 14.7. The van der Waals surface area contributed by atoms with Crippen molar-refractivity contribution in [3.8, 4) is 11.5 Å². The third kappa shape index (κ3) is 3.26. The van der Waals surface area contributed by atoms with E-state index in [-0.39, 0.29) is 0 Å². The van der Waals surface area contributed by atoms with E-state index in [0.717, 1.165) is 17.2 Å². The summed E-state index contributed by atoms with van der Waals surface area (Å²) in [5, 5.41) is 11.7. The van der Waals surface area contributed by atoms with Gasteiger partial charge in [-0.1, -0.05) is 25.5 Å². The van der Waals surface area contributed by atoms with Gasteiger partial charge in [-0.15, -0.1) is 10.2 Å². The first kappa shape index (κ1) is 14.1. The minimum Gasteiger partial charge on any atom is -0.421 e. The molecule has 0 atom stereocenters. The highest BCUT2D eigenvalue weighted by molar-refractivity contribution is 5.72. The van der Waals surface area contributed by atoms with E-state index in [1.165, 1.54) is 32.1 Å². The van der Waals surface area contributed by atoms with Crippen LogP contribution in [0.25, 0.3) is 11.5 Å². The van der Waals surface area contributed by atoms with Crippen molar-refractivity contribution in [1.29, 1.82) is 0 Å². The Bertz CT molecular complexity index is 585. The number of rotatable bonds is 4. The molecule has 1 saturated carbocycles. The summed E-state index contributed by atoms with van der Waals surface area (Å²) in [6.45, 7) is 4.12. The maximum absolute atomic E-state index is 5.57. The lowest BCUT2D eigenvalue weighted by atomic mass is 9.84. The van der Waals surface area contributed by atoms with Crippen LogP contribution in [0.3, 0.4) is 0 Å². The SMILES string of the molecule is CCC1CCC(Nc2ccccc2-c2nnc(C)o2)CC1. The summed E-state index contributed by atoms with van der Waals surface area (Å²) in [4.78, 5) is 0. The molecule has 2 aromatic rings. The van der Waals surface area contributed by atoms with Crippen molar-refractivity contribution in [2.24, 2.45) is 5.92 Å². The Morgan fingerprint density at radius 2 is 1.90 bits per heavy atom. The largest absolute Gasteiger partial charge is 0.421 e. The predicted octanol–water partition coefficient (Wildman–Crippen LogP) is 4.43. The molecule has 112 valence electrons. The number of hydrogen-bond acceptors (Lipinski definition) is 4. The van der Waals surface area contributed by atoms with Crippen molar-refractivity contribution in [2.75, 3.05) is 5.32 Å². The fourth-order valence-electron chi connectivity index (χ4n) is 3.14. The molecule has 0 bridgehead atoms. The number of para-hydroxylation sites is 1. The van der Waals surface area contributed by atoms with Crippen molar-refractivity contribution in [3.63, 3.8) is 0 Å². The van der Waals surface area contributed by atoms with Crippen LogP contribution >= 0.6 is 0 Å². The second-order valence-corrected chi connectivity index (χ2v) is 5.94. The second-order valence-electron chi connectivity index (χ2n) is 5.94. The lowest BCUT2D eigenvalue weighted by Crippen LogP contribution is -2.26. The molecule has 4 nitrogen and oxygen atoms in total. The highest BCUT2D eigenvalue weighted by Gasteiger charge is 2.21. The van der Waals surface area contributed by atoms with Crippen LogP contribution in [-0.4, -0.2) is 16.2 Å². The van der Waals surface area contributed by atoms with Gasteiger partial charge in [0, 0.05) is 18.7 Å². The van der Waals surface area contributed by atoms with Gasteiger partial charge >= 0.3 is 0 Å². The van der Waals surface area contributed by atoms with Gasteiger partial charge in [0.1, 0.15) is 0 Å². The lowest BCUT2D eigenvalue weighted by Gasteiger charge is -2.29. The van der Waals surface area contributed by atoms with E-state index in [1.54, 1.807) is 0 Å². The standard InChI is InChI=1S/C17H23N3O/c1-3-13-8-10-14(11-9-13)18-16-7-5-4-6-15(16)17-20-19-12(2)21-17/h4-7,13-14,18H,3,8-11H2,1-2H3. The van der Waals surface area contributed by atoms with Crippen LogP contribution in [0.1, 0.15) is 44.9 Å². The van der Waals surface area contributed by atoms with E-state index in [9.17, 15) is 0 Å². The molecule has 1 heterocycles. The van der Waals surface area contributed by atoms with Gasteiger partial charge in [0.2, 0.25) is 11.8 Å². The summed E-state index contributed by atoms with van der Waals surface area (Å²) in [5.41, 5.74) is 2.09. The molecule has 0 saturated heterocycles. The maximum Gasteiger partial charge on any atom is 0.249 e. The molecule has 0 amide bonds. The van der Waals surface area contributed by atoms with E-state index in [2.05, 4.69) is 28.5 Å². The fraction of sp³-hybridized carbons (Fsp3) is 0.529. The minimum atomic E-state index is 0.554. The van der Waals surface area contributed by atoms with Crippen molar-refractivity contribution >= 4 is 5.69 Å².